The molecule has 4 rings (SSSR count). The number of hydrogen-bond acceptors (Lipinski definition) is 4. The van der Waals surface area contributed by atoms with Crippen LogP contribution >= 0.6 is 0 Å². The van der Waals surface area contributed by atoms with E-state index in [1.807, 2.05) is 37.3 Å². The molecule has 2 aromatic heterocycles. The third-order valence-corrected chi connectivity index (χ3v) is 5.21. The van der Waals surface area contributed by atoms with Gasteiger partial charge in [0.05, 0.1) is 23.7 Å². The summed E-state index contributed by atoms with van der Waals surface area (Å²) in [6.45, 7) is 2.00. The van der Waals surface area contributed by atoms with Gasteiger partial charge in [-0.15, -0.1) is 0 Å². The summed E-state index contributed by atoms with van der Waals surface area (Å²) in [4.78, 5) is 17.1. The van der Waals surface area contributed by atoms with Crippen molar-refractivity contribution >= 4 is 11.6 Å². The number of aromatic nitrogens is 3. The predicted octanol–water partition coefficient (Wildman–Crippen LogP) is 2.60. The number of aromatic amines is 1. The number of nitrogens with two attached hydrogens (primary N) is 1. The minimum absolute atomic E-state index is 0.0850. The molecule has 0 saturated carbocycles. The van der Waals surface area contributed by atoms with Crippen LogP contribution in [0.4, 0.5) is 0 Å². The van der Waals surface area contributed by atoms with Gasteiger partial charge in [0, 0.05) is 23.5 Å². The van der Waals surface area contributed by atoms with E-state index in [1.54, 1.807) is 48.8 Å². The molecule has 2 heterocycles. The number of benzene rings is 2. The van der Waals surface area contributed by atoms with Crippen molar-refractivity contribution in [3.63, 3.8) is 0 Å². The first kappa shape index (κ1) is 21.0. The molecule has 0 radical (unpaired) electrons. The van der Waals surface area contributed by atoms with E-state index in [0.29, 0.717) is 29.1 Å². The molecule has 0 bridgehead atoms. The minimum Gasteiger partial charge on any atom is -0.508 e. The minimum atomic E-state index is -0.547. The Bertz CT molecular complexity index is 1250. The number of hydrogen-bond donors (Lipinski definition) is 4. The second kappa shape index (κ2) is 9.26. The lowest BCUT2D eigenvalue weighted by atomic mass is 9.97. The number of aromatic hydroxyl groups is 1. The first-order chi connectivity index (χ1) is 15.5. The van der Waals surface area contributed by atoms with E-state index in [-0.39, 0.29) is 11.7 Å². The van der Waals surface area contributed by atoms with Crippen LogP contribution in [0.2, 0.25) is 0 Å². The monoisotopic (exact) mass is 426 g/mol. The summed E-state index contributed by atoms with van der Waals surface area (Å²) in [5, 5.41) is 26.8. The van der Waals surface area contributed by atoms with Gasteiger partial charge in [0.2, 0.25) is 0 Å². The molecular weight excluding hydrogens is 402 g/mol. The summed E-state index contributed by atoms with van der Waals surface area (Å²) in [6, 6.07) is 19.6. The number of phenolic OH excluding ortho intramolecular Hbond substituents is 1. The molecular formula is C25H24N5O2+. The van der Waals surface area contributed by atoms with Crippen LogP contribution in [0.1, 0.15) is 39.6 Å². The van der Waals surface area contributed by atoms with Gasteiger partial charge in [-0.2, -0.15) is 5.10 Å². The quantitative estimate of drug-likeness (QED) is 0.340. The maximum absolute atomic E-state index is 13.0. The smallest absolute Gasteiger partial charge is 0.269 e. The van der Waals surface area contributed by atoms with Crippen molar-refractivity contribution in [1.82, 2.24) is 20.5 Å². The van der Waals surface area contributed by atoms with Crippen molar-refractivity contribution in [1.29, 1.82) is 0 Å². The molecule has 0 aliphatic rings. The highest BCUT2D eigenvalue weighted by Gasteiger charge is 2.24. The van der Waals surface area contributed by atoms with Gasteiger partial charge >= 0.3 is 0 Å². The number of phenols is 1. The lowest BCUT2D eigenvalue weighted by Gasteiger charge is -2.19. The number of para-hydroxylation sites is 1. The molecule has 7 nitrogen and oxygen atoms in total. The van der Waals surface area contributed by atoms with E-state index in [0.717, 1.165) is 16.7 Å². The number of rotatable bonds is 7. The van der Waals surface area contributed by atoms with Gasteiger partial charge in [0.25, 0.3) is 5.91 Å². The highest BCUT2D eigenvalue weighted by atomic mass is 16.3. The number of amides is 1. The van der Waals surface area contributed by atoms with E-state index < -0.39 is 6.04 Å². The number of H-pyrrole nitrogens is 1. The molecule has 4 aromatic rings. The summed E-state index contributed by atoms with van der Waals surface area (Å²) in [7, 11) is 0. The fourth-order valence-corrected chi connectivity index (χ4v) is 3.54. The van der Waals surface area contributed by atoms with Gasteiger partial charge in [0.15, 0.2) is 5.71 Å². The Kier molecular flexibility index (Phi) is 6.07. The van der Waals surface area contributed by atoms with Crippen molar-refractivity contribution in [2.45, 2.75) is 19.4 Å². The second-order valence-electron chi connectivity index (χ2n) is 7.59. The summed E-state index contributed by atoms with van der Waals surface area (Å²) < 4.78 is 0. The first-order valence-electron chi connectivity index (χ1n) is 10.2. The fraction of sp³-hybridized carbons (Fsp3) is 0.120. The van der Waals surface area contributed by atoms with Gasteiger partial charge in [-0.05, 0) is 37.3 Å². The SMILES string of the molecule is Cc1cccc(-c2cc(C(=O)NC(CC(=[NH2+])c3cccnc3)c3ccccc3O)[nH]n2)c1. The van der Waals surface area contributed by atoms with Crippen LogP contribution in [-0.4, -0.2) is 31.9 Å². The number of carbonyl (C=O) groups excluding carboxylic acids is 1. The summed E-state index contributed by atoms with van der Waals surface area (Å²) in [5.41, 5.74) is 4.93. The molecule has 1 atom stereocenters. The van der Waals surface area contributed by atoms with Crippen LogP contribution in [0.5, 0.6) is 5.75 Å². The van der Waals surface area contributed by atoms with Crippen LogP contribution in [-0.2, 0) is 0 Å². The molecule has 1 unspecified atom stereocenters. The molecule has 0 saturated heterocycles. The maximum Gasteiger partial charge on any atom is 0.269 e. The van der Waals surface area contributed by atoms with E-state index in [9.17, 15) is 9.90 Å². The second-order valence-corrected chi connectivity index (χ2v) is 7.59. The lowest BCUT2D eigenvalue weighted by Crippen LogP contribution is -2.43. The number of nitrogens with one attached hydrogen (secondary N) is 2. The van der Waals surface area contributed by atoms with Crippen LogP contribution in [0, 0.1) is 6.92 Å². The van der Waals surface area contributed by atoms with Crippen molar-refractivity contribution in [3.05, 3.63) is 102 Å². The molecule has 0 aliphatic carbocycles. The molecule has 2 aromatic carbocycles. The first-order valence-corrected chi connectivity index (χ1v) is 10.2. The largest absolute Gasteiger partial charge is 0.508 e. The molecule has 7 heteroatoms. The van der Waals surface area contributed by atoms with Gasteiger partial charge in [-0.3, -0.25) is 20.3 Å². The Labute approximate surface area is 185 Å². The number of carbonyl (C=O) groups is 1. The molecule has 5 N–H and O–H groups in total. The molecule has 0 fully saturated rings. The Balaban J connectivity index is 1.58. The van der Waals surface area contributed by atoms with E-state index in [2.05, 4.69) is 20.5 Å². The Hall–Kier alpha value is -4.26. The summed E-state index contributed by atoms with van der Waals surface area (Å²) >= 11 is 0. The highest BCUT2D eigenvalue weighted by molar-refractivity contribution is 5.97. The van der Waals surface area contributed by atoms with Gasteiger partial charge in [-0.25, -0.2) is 0 Å². The van der Waals surface area contributed by atoms with Crippen molar-refractivity contribution in [3.8, 4) is 17.0 Å². The van der Waals surface area contributed by atoms with Gasteiger partial charge < -0.3 is 10.4 Å². The fourth-order valence-electron chi connectivity index (χ4n) is 3.54. The van der Waals surface area contributed by atoms with Crippen LogP contribution in [0.3, 0.4) is 0 Å². The Morgan fingerprint density at radius 1 is 1.12 bits per heavy atom. The molecule has 1 amide bonds. The summed E-state index contributed by atoms with van der Waals surface area (Å²) in [5.74, 6) is -0.259. The third-order valence-electron chi connectivity index (χ3n) is 5.21. The topological polar surface area (TPSA) is 116 Å². The highest BCUT2D eigenvalue weighted by Crippen LogP contribution is 2.27. The van der Waals surface area contributed by atoms with Gasteiger partial charge in [-0.1, -0.05) is 42.0 Å². The zero-order chi connectivity index (χ0) is 22.5. The maximum atomic E-state index is 13.0. The van der Waals surface area contributed by atoms with Crippen LogP contribution < -0.4 is 10.7 Å². The average molecular weight is 427 g/mol. The summed E-state index contributed by atoms with van der Waals surface area (Å²) in [6.07, 6.45) is 3.64. The van der Waals surface area contributed by atoms with Crippen molar-refractivity contribution < 1.29 is 15.3 Å². The average Bonchev–Trinajstić information content (AvgIpc) is 3.30. The predicted molar refractivity (Wildman–Crippen MR) is 122 cm³/mol. The van der Waals surface area contributed by atoms with Crippen LogP contribution in [0.25, 0.3) is 11.3 Å². The van der Waals surface area contributed by atoms with Crippen molar-refractivity contribution in [2.24, 2.45) is 0 Å². The Morgan fingerprint density at radius 2 is 1.97 bits per heavy atom. The zero-order valence-corrected chi connectivity index (χ0v) is 17.6. The van der Waals surface area contributed by atoms with E-state index >= 15 is 0 Å². The number of nitrogens with zero attached hydrogens (tertiary/aromatic N) is 2. The van der Waals surface area contributed by atoms with Gasteiger partial charge in [0.1, 0.15) is 11.4 Å². The molecule has 160 valence electrons. The Morgan fingerprint density at radius 3 is 2.72 bits per heavy atom. The number of pyridine rings is 1. The third kappa shape index (κ3) is 4.73. The molecule has 0 aliphatic heterocycles. The van der Waals surface area contributed by atoms with E-state index in [1.165, 1.54) is 0 Å². The molecule has 32 heavy (non-hydrogen) atoms. The van der Waals surface area contributed by atoms with Crippen LogP contribution in [0.15, 0.2) is 79.1 Å². The van der Waals surface area contributed by atoms with E-state index in [4.69, 9.17) is 5.41 Å². The number of aryl methyl sites for hydroxylation is 1. The van der Waals surface area contributed by atoms with Crippen molar-refractivity contribution in [2.75, 3.05) is 0 Å². The normalized spacial score (nSPS) is 11.7. The molecule has 0 spiro atoms. The lowest BCUT2D eigenvalue weighted by molar-refractivity contribution is -0.115. The zero-order valence-electron chi connectivity index (χ0n) is 17.6. The standard InChI is InChI=1S/C25H23N5O2/c1-16-6-4-7-17(12-16)21-14-23(30-29-21)25(32)28-22(19-9-2-3-10-24(19)31)13-20(26)18-8-5-11-27-15-18/h2-12,14-15,22,26,31H,13H2,1H3,(H,28,32)(H,29,30)/p+1.